The molecule has 0 atom stereocenters. The Morgan fingerprint density at radius 2 is 2.00 bits per heavy atom. The van der Waals surface area contributed by atoms with Crippen LogP contribution in [0.15, 0.2) is 36.4 Å². The van der Waals surface area contributed by atoms with Gasteiger partial charge in [0.15, 0.2) is 0 Å². The van der Waals surface area contributed by atoms with E-state index in [1.165, 1.54) is 12.1 Å². The zero-order valence-corrected chi connectivity index (χ0v) is 14.2. The van der Waals surface area contributed by atoms with Crippen LogP contribution in [0.2, 0.25) is 5.02 Å². The molecule has 0 spiro atoms. The second-order valence-corrected chi connectivity index (χ2v) is 6.32. The van der Waals surface area contributed by atoms with E-state index in [-0.39, 0.29) is 5.56 Å². The number of hydrogen-bond acceptors (Lipinski definition) is 2. The molecule has 4 N–H and O–H groups in total. The van der Waals surface area contributed by atoms with Crippen LogP contribution in [0.25, 0.3) is 22.2 Å². The van der Waals surface area contributed by atoms with Gasteiger partial charge in [-0.05, 0) is 67.8 Å². The Morgan fingerprint density at radius 1 is 1.20 bits per heavy atom. The molecule has 0 aliphatic carbocycles. The zero-order chi connectivity index (χ0) is 18.0. The Balaban J connectivity index is 2.18. The van der Waals surface area contributed by atoms with Crippen LogP contribution in [-0.4, -0.2) is 22.6 Å². The largest absolute Gasteiger partial charge is 0.478 e. The first kappa shape index (κ1) is 17.5. The molecule has 2 aromatic carbocycles. The van der Waals surface area contributed by atoms with E-state index in [2.05, 4.69) is 4.98 Å². The van der Waals surface area contributed by atoms with E-state index in [9.17, 15) is 14.3 Å². The number of rotatable bonds is 6. The van der Waals surface area contributed by atoms with Gasteiger partial charge < -0.3 is 15.8 Å². The summed E-state index contributed by atoms with van der Waals surface area (Å²) in [6.07, 6.45) is 2.46. The molecule has 3 rings (SSSR count). The zero-order valence-electron chi connectivity index (χ0n) is 13.5. The number of nitrogens with one attached hydrogen (secondary N) is 1. The van der Waals surface area contributed by atoms with Crippen LogP contribution in [0, 0.1) is 5.82 Å². The normalized spacial score (nSPS) is 11.2. The van der Waals surface area contributed by atoms with E-state index in [0.29, 0.717) is 17.1 Å². The van der Waals surface area contributed by atoms with Gasteiger partial charge in [-0.2, -0.15) is 0 Å². The fourth-order valence-corrected chi connectivity index (χ4v) is 3.27. The summed E-state index contributed by atoms with van der Waals surface area (Å²) in [5.41, 5.74) is 9.09. The number of H-pyrrole nitrogens is 1. The van der Waals surface area contributed by atoms with Crippen molar-refractivity contribution in [1.29, 1.82) is 0 Å². The molecule has 25 heavy (non-hydrogen) atoms. The number of carboxylic acids is 1. The fraction of sp³-hybridized carbons (Fsp3) is 0.211. The first-order valence-corrected chi connectivity index (χ1v) is 8.42. The molecule has 1 heterocycles. The number of hydrogen-bond donors (Lipinski definition) is 3. The Morgan fingerprint density at radius 3 is 2.68 bits per heavy atom. The van der Waals surface area contributed by atoms with Crippen molar-refractivity contribution in [2.45, 2.75) is 19.3 Å². The third-order valence-corrected chi connectivity index (χ3v) is 4.55. The van der Waals surface area contributed by atoms with E-state index in [4.69, 9.17) is 17.3 Å². The van der Waals surface area contributed by atoms with Crippen molar-refractivity contribution in [3.63, 3.8) is 0 Å². The van der Waals surface area contributed by atoms with Crippen molar-refractivity contribution in [1.82, 2.24) is 4.98 Å². The number of aromatic amines is 1. The summed E-state index contributed by atoms with van der Waals surface area (Å²) in [5, 5.41) is 10.4. The molecule has 0 fully saturated rings. The van der Waals surface area contributed by atoms with Crippen molar-refractivity contribution >= 4 is 28.5 Å². The number of unbranched alkanes of at least 4 members (excludes halogenated alkanes) is 1. The molecule has 130 valence electrons. The molecule has 0 unspecified atom stereocenters. The van der Waals surface area contributed by atoms with Crippen molar-refractivity contribution in [2.75, 3.05) is 6.54 Å². The first-order chi connectivity index (χ1) is 12.0. The maximum absolute atomic E-state index is 13.4. The van der Waals surface area contributed by atoms with Gasteiger partial charge >= 0.3 is 5.97 Å². The Labute approximate surface area is 149 Å². The summed E-state index contributed by atoms with van der Waals surface area (Å²) < 4.78 is 13.4. The minimum atomic E-state index is -0.975. The van der Waals surface area contributed by atoms with Crippen LogP contribution in [0.3, 0.4) is 0 Å². The number of nitrogens with two attached hydrogens (primary N) is 1. The predicted octanol–water partition coefficient (Wildman–Crippen LogP) is 4.61. The van der Waals surface area contributed by atoms with Crippen molar-refractivity contribution in [3.8, 4) is 11.3 Å². The van der Waals surface area contributed by atoms with Crippen molar-refractivity contribution in [2.24, 2.45) is 5.73 Å². The molecule has 1 aromatic heterocycles. The molecule has 6 heteroatoms. The molecule has 0 aliphatic rings. The van der Waals surface area contributed by atoms with E-state index in [1.54, 1.807) is 24.3 Å². The summed E-state index contributed by atoms with van der Waals surface area (Å²) >= 11 is 6.23. The number of carboxylic acid groups (broad SMARTS) is 1. The molecule has 0 radical (unpaired) electrons. The van der Waals surface area contributed by atoms with Crippen LogP contribution in [-0.2, 0) is 6.42 Å². The summed E-state index contributed by atoms with van der Waals surface area (Å²) in [5.74, 6) is -1.37. The van der Waals surface area contributed by atoms with Crippen LogP contribution < -0.4 is 5.73 Å². The number of benzene rings is 2. The van der Waals surface area contributed by atoms with Crippen LogP contribution in [0.1, 0.15) is 28.8 Å². The Bertz CT molecular complexity index is 937. The van der Waals surface area contributed by atoms with Gasteiger partial charge in [-0.25, -0.2) is 9.18 Å². The predicted molar refractivity (Wildman–Crippen MR) is 97.7 cm³/mol. The topological polar surface area (TPSA) is 79.1 Å². The van der Waals surface area contributed by atoms with Gasteiger partial charge in [0.05, 0.1) is 16.3 Å². The van der Waals surface area contributed by atoms with Gasteiger partial charge in [0.25, 0.3) is 0 Å². The summed E-state index contributed by atoms with van der Waals surface area (Å²) in [7, 11) is 0. The van der Waals surface area contributed by atoms with Gasteiger partial charge in [-0.15, -0.1) is 0 Å². The van der Waals surface area contributed by atoms with Crippen LogP contribution in [0.5, 0.6) is 0 Å². The molecule has 0 aliphatic heterocycles. The summed E-state index contributed by atoms with van der Waals surface area (Å²) in [4.78, 5) is 14.6. The lowest BCUT2D eigenvalue weighted by Crippen LogP contribution is -2.00. The second-order valence-electron chi connectivity index (χ2n) is 5.91. The number of fused-ring (bicyclic) bond motifs is 1. The van der Waals surface area contributed by atoms with Crippen molar-refractivity contribution < 1.29 is 14.3 Å². The third-order valence-electron chi connectivity index (χ3n) is 4.23. The minimum absolute atomic E-state index is 0.225. The number of aromatic nitrogens is 1. The quantitative estimate of drug-likeness (QED) is 0.562. The molecule has 0 saturated heterocycles. The molecular weight excluding hydrogens is 343 g/mol. The fourth-order valence-electron chi connectivity index (χ4n) is 3.01. The monoisotopic (exact) mass is 360 g/mol. The number of carbonyl (C=O) groups is 1. The Hall–Kier alpha value is -2.37. The SMILES string of the molecule is NCCCCc1c(-c2ccc(F)cc2Cl)[nH]c2ccc(C(=O)O)cc12. The lowest BCUT2D eigenvalue weighted by atomic mass is 9.99. The number of aromatic carboxylic acids is 1. The van der Waals surface area contributed by atoms with Gasteiger partial charge in [-0.1, -0.05) is 11.6 Å². The Kier molecular flexibility index (Phi) is 5.06. The summed E-state index contributed by atoms with van der Waals surface area (Å²) in [6.45, 7) is 0.593. The minimum Gasteiger partial charge on any atom is -0.478 e. The van der Waals surface area contributed by atoms with Gasteiger partial charge in [0.2, 0.25) is 0 Å². The third kappa shape index (κ3) is 3.52. The first-order valence-electron chi connectivity index (χ1n) is 8.04. The van der Waals surface area contributed by atoms with E-state index < -0.39 is 11.8 Å². The average molecular weight is 361 g/mol. The van der Waals surface area contributed by atoms with Gasteiger partial charge in [0, 0.05) is 16.5 Å². The highest BCUT2D eigenvalue weighted by molar-refractivity contribution is 6.33. The molecule has 0 amide bonds. The van der Waals surface area contributed by atoms with Gasteiger partial charge in [-0.3, -0.25) is 0 Å². The van der Waals surface area contributed by atoms with E-state index >= 15 is 0 Å². The maximum atomic E-state index is 13.4. The number of halogens is 2. The summed E-state index contributed by atoms with van der Waals surface area (Å²) in [6, 6.07) is 9.22. The molecular formula is C19H18ClFN2O2. The lowest BCUT2D eigenvalue weighted by Gasteiger charge is -2.07. The van der Waals surface area contributed by atoms with Crippen molar-refractivity contribution in [3.05, 3.63) is 58.4 Å². The second kappa shape index (κ2) is 7.25. The van der Waals surface area contributed by atoms with E-state index in [1.807, 2.05) is 0 Å². The van der Waals surface area contributed by atoms with Gasteiger partial charge in [0.1, 0.15) is 5.82 Å². The standard InChI is InChI=1S/C19H18ClFN2O2/c20-16-10-12(21)5-6-14(16)18-13(3-1-2-8-22)15-9-11(19(24)25)4-7-17(15)23-18/h4-7,9-10,23H,1-3,8,22H2,(H,24,25). The highest BCUT2D eigenvalue weighted by Gasteiger charge is 2.17. The average Bonchev–Trinajstić information content (AvgIpc) is 2.93. The molecule has 3 aromatic rings. The highest BCUT2D eigenvalue weighted by atomic mass is 35.5. The molecule has 0 bridgehead atoms. The van der Waals surface area contributed by atoms with Crippen LogP contribution >= 0.6 is 11.6 Å². The number of aryl methyl sites for hydroxylation is 1. The molecule has 0 saturated carbocycles. The maximum Gasteiger partial charge on any atom is 0.335 e. The highest BCUT2D eigenvalue weighted by Crippen LogP contribution is 2.36. The molecule has 4 nitrogen and oxygen atoms in total. The van der Waals surface area contributed by atoms with Crippen LogP contribution in [0.4, 0.5) is 4.39 Å². The van der Waals surface area contributed by atoms with E-state index in [0.717, 1.165) is 41.4 Å². The smallest absolute Gasteiger partial charge is 0.335 e. The lowest BCUT2D eigenvalue weighted by molar-refractivity contribution is 0.0697.